The molecule has 0 amide bonds. The summed E-state index contributed by atoms with van der Waals surface area (Å²) < 4.78 is 16.9. The van der Waals surface area contributed by atoms with Crippen molar-refractivity contribution < 1.29 is 14.2 Å². The molecule has 0 saturated carbocycles. The van der Waals surface area contributed by atoms with E-state index in [0.29, 0.717) is 0 Å². The molecule has 0 unspecified atom stereocenters. The van der Waals surface area contributed by atoms with Gasteiger partial charge in [0.1, 0.15) is 0 Å². The Bertz CT molecular complexity index is 825. The number of nitrogens with zero attached hydrogens (tertiary/aromatic N) is 1. The van der Waals surface area contributed by atoms with Gasteiger partial charge in [-0.15, -0.1) is 0 Å². The Labute approximate surface area is 167 Å². The first kappa shape index (κ1) is 19.0. The van der Waals surface area contributed by atoms with E-state index in [1.165, 1.54) is 16.7 Å². The predicted octanol–water partition coefficient (Wildman–Crippen LogP) is 4.28. The summed E-state index contributed by atoms with van der Waals surface area (Å²) in [5.74, 6) is 1.63. The second-order valence-corrected chi connectivity index (χ2v) is 7.74. The van der Waals surface area contributed by atoms with E-state index in [-0.39, 0.29) is 5.41 Å². The van der Waals surface area contributed by atoms with Gasteiger partial charge in [-0.2, -0.15) is 0 Å². The third-order valence-corrected chi connectivity index (χ3v) is 6.02. The molecule has 4 rings (SSSR count). The maximum Gasteiger partial charge on any atom is 0.161 e. The Hall–Kier alpha value is -2.30. The number of hydrogen-bond acceptors (Lipinski definition) is 4. The van der Waals surface area contributed by atoms with Crippen LogP contribution in [-0.4, -0.2) is 45.4 Å². The van der Waals surface area contributed by atoms with Crippen molar-refractivity contribution in [1.82, 2.24) is 4.90 Å². The van der Waals surface area contributed by atoms with Crippen molar-refractivity contribution in [2.75, 3.05) is 40.5 Å². The first-order valence-corrected chi connectivity index (χ1v) is 10.0. The quantitative estimate of drug-likeness (QED) is 0.776. The van der Waals surface area contributed by atoms with Gasteiger partial charge in [-0.05, 0) is 41.7 Å². The summed E-state index contributed by atoms with van der Waals surface area (Å²) in [6.07, 6.45) is 6.58. The second kappa shape index (κ2) is 8.38. The first-order valence-electron chi connectivity index (χ1n) is 10.0. The number of methoxy groups -OCH3 is 2. The van der Waals surface area contributed by atoms with Gasteiger partial charge in [-0.1, -0.05) is 42.5 Å². The maximum absolute atomic E-state index is 5.70. The normalized spacial score (nSPS) is 18.9. The van der Waals surface area contributed by atoms with E-state index in [1.807, 2.05) is 0 Å². The fraction of sp³-hybridized carbons (Fsp3) is 0.417. The highest BCUT2D eigenvalue weighted by atomic mass is 16.5. The molecule has 2 aliphatic rings. The summed E-state index contributed by atoms with van der Waals surface area (Å²) in [5.41, 5.74) is 4.13. The van der Waals surface area contributed by atoms with Crippen LogP contribution in [0.5, 0.6) is 11.5 Å². The van der Waals surface area contributed by atoms with Gasteiger partial charge in [0.2, 0.25) is 0 Å². The molecular formula is C24H29NO3. The van der Waals surface area contributed by atoms with E-state index in [9.17, 15) is 0 Å². The minimum Gasteiger partial charge on any atom is -0.493 e. The summed E-state index contributed by atoms with van der Waals surface area (Å²) >= 11 is 0. The smallest absolute Gasteiger partial charge is 0.161 e. The average Bonchev–Trinajstić information content (AvgIpc) is 2.74. The van der Waals surface area contributed by atoms with Gasteiger partial charge in [0.05, 0.1) is 14.2 Å². The number of benzene rings is 2. The van der Waals surface area contributed by atoms with Gasteiger partial charge in [0.25, 0.3) is 0 Å². The Morgan fingerprint density at radius 3 is 2.46 bits per heavy atom. The van der Waals surface area contributed by atoms with Gasteiger partial charge in [0, 0.05) is 38.3 Å². The summed E-state index contributed by atoms with van der Waals surface area (Å²) in [4.78, 5) is 2.54. The molecule has 4 heteroatoms. The third kappa shape index (κ3) is 3.80. The number of ether oxygens (including phenoxy) is 3. The number of fused-ring (bicyclic) bond motifs is 2. The van der Waals surface area contributed by atoms with Crippen LogP contribution >= 0.6 is 0 Å². The molecule has 1 fully saturated rings. The molecule has 1 saturated heterocycles. The lowest BCUT2D eigenvalue weighted by atomic mass is 9.70. The van der Waals surface area contributed by atoms with E-state index in [0.717, 1.165) is 57.2 Å². The lowest BCUT2D eigenvalue weighted by Crippen LogP contribution is -2.48. The van der Waals surface area contributed by atoms with Crippen molar-refractivity contribution in [1.29, 1.82) is 0 Å². The molecule has 4 nitrogen and oxygen atoms in total. The molecule has 2 aliphatic heterocycles. The lowest BCUT2D eigenvalue weighted by molar-refractivity contribution is 0.0278. The highest BCUT2D eigenvalue weighted by Gasteiger charge is 2.41. The summed E-state index contributed by atoms with van der Waals surface area (Å²) in [5, 5.41) is 0. The zero-order valence-corrected chi connectivity index (χ0v) is 16.8. The first-order chi connectivity index (χ1) is 13.7. The SMILES string of the molecule is COc1cc2c(cc1OC)C1(CCOCC1)CN(C/C=C/c1ccccc1)C2. The zero-order chi connectivity index (χ0) is 19.4. The monoisotopic (exact) mass is 379 g/mol. The topological polar surface area (TPSA) is 30.9 Å². The third-order valence-electron chi connectivity index (χ3n) is 6.02. The maximum atomic E-state index is 5.70. The lowest BCUT2D eigenvalue weighted by Gasteiger charge is -2.46. The molecule has 2 aromatic rings. The molecule has 0 bridgehead atoms. The van der Waals surface area contributed by atoms with Crippen LogP contribution in [0.3, 0.4) is 0 Å². The molecule has 1 spiro atoms. The van der Waals surface area contributed by atoms with E-state index in [2.05, 4.69) is 59.5 Å². The van der Waals surface area contributed by atoms with Crippen LogP contribution in [0.15, 0.2) is 48.5 Å². The van der Waals surface area contributed by atoms with Gasteiger partial charge >= 0.3 is 0 Å². The molecule has 28 heavy (non-hydrogen) atoms. The predicted molar refractivity (Wildman–Crippen MR) is 112 cm³/mol. The van der Waals surface area contributed by atoms with Crippen LogP contribution in [0.2, 0.25) is 0 Å². The number of rotatable bonds is 5. The van der Waals surface area contributed by atoms with Gasteiger partial charge < -0.3 is 14.2 Å². The van der Waals surface area contributed by atoms with Gasteiger partial charge in [0.15, 0.2) is 11.5 Å². The summed E-state index contributed by atoms with van der Waals surface area (Å²) in [6.45, 7) is 4.56. The van der Waals surface area contributed by atoms with E-state index >= 15 is 0 Å². The molecule has 148 valence electrons. The minimum absolute atomic E-state index is 0.131. The fourth-order valence-corrected chi connectivity index (χ4v) is 4.58. The largest absolute Gasteiger partial charge is 0.493 e. The van der Waals surface area contributed by atoms with Crippen molar-refractivity contribution in [3.8, 4) is 11.5 Å². The van der Waals surface area contributed by atoms with Crippen molar-refractivity contribution in [3.05, 3.63) is 65.2 Å². The Morgan fingerprint density at radius 2 is 1.75 bits per heavy atom. The summed E-state index contributed by atoms with van der Waals surface area (Å²) in [7, 11) is 3.42. The standard InChI is InChI=1S/C24H29NO3/c1-26-22-15-20-17-25(12-6-9-19-7-4-3-5-8-19)18-24(10-13-28-14-11-24)21(20)16-23(22)27-2/h3-9,15-16H,10-14,17-18H2,1-2H3/b9-6+. The van der Waals surface area contributed by atoms with E-state index in [1.54, 1.807) is 14.2 Å². The van der Waals surface area contributed by atoms with Crippen molar-refractivity contribution >= 4 is 6.08 Å². The molecule has 2 aromatic carbocycles. The van der Waals surface area contributed by atoms with Crippen LogP contribution in [0, 0.1) is 0 Å². The second-order valence-electron chi connectivity index (χ2n) is 7.74. The Balaban J connectivity index is 1.61. The molecule has 0 radical (unpaired) electrons. The Kier molecular flexibility index (Phi) is 5.69. The van der Waals surface area contributed by atoms with Crippen molar-refractivity contribution in [2.24, 2.45) is 0 Å². The molecule has 0 atom stereocenters. The van der Waals surface area contributed by atoms with Crippen LogP contribution in [0.4, 0.5) is 0 Å². The molecule has 0 aromatic heterocycles. The van der Waals surface area contributed by atoms with Gasteiger partial charge in [-0.3, -0.25) is 4.90 Å². The van der Waals surface area contributed by atoms with Crippen molar-refractivity contribution in [2.45, 2.75) is 24.8 Å². The van der Waals surface area contributed by atoms with Crippen LogP contribution in [0.25, 0.3) is 6.08 Å². The molecule has 2 heterocycles. The minimum atomic E-state index is 0.131. The van der Waals surface area contributed by atoms with Crippen LogP contribution in [-0.2, 0) is 16.7 Å². The summed E-state index contributed by atoms with van der Waals surface area (Å²) in [6, 6.07) is 14.9. The zero-order valence-electron chi connectivity index (χ0n) is 16.8. The van der Waals surface area contributed by atoms with Crippen LogP contribution < -0.4 is 9.47 Å². The van der Waals surface area contributed by atoms with Crippen molar-refractivity contribution in [3.63, 3.8) is 0 Å². The average molecular weight is 380 g/mol. The van der Waals surface area contributed by atoms with E-state index < -0.39 is 0 Å². The number of hydrogen-bond donors (Lipinski definition) is 0. The van der Waals surface area contributed by atoms with Crippen LogP contribution in [0.1, 0.15) is 29.5 Å². The van der Waals surface area contributed by atoms with Gasteiger partial charge in [-0.25, -0.2) is 0 Å². The molecule has 0 N–H and O–H groups in total. The molecular weight excluding hydrogens is 350 g/mol. The highest BCUT2D eigenvalue weighted by molar-refractivity contribution is 5.52. The molecule has 0 aliphatic carbocycles. The Morgan fingerprint density at radius 1 is 1.04 bits per heavy atom. The van der Waals surface area contributed by atoms with E-state index in [4.69, 9.17) is 14.2 Å². The highest BCUT2D eigenvalue weighted by Crippen LogP contribution is 2.45. The fourth-order valence-electron chi connectivity index (χ4n) is 4.58.